The van der Waals surface area contributed by atoms with Crippen LogP contribution in [0.1, 0.15) is 16.1 Å². The van der Waals surface area contributed by atoms with Crippen molar-refractivity contribution >= 4 is 5.97 Å². The maximum Gasteiger partial charge on any atom is 0.573 e. The largest absolute Gasteiger partial charge is 0.573 e. The molecule has 1 aromatic rings. The van der Waals surface area contributed by atoms with Gasteiger partial charge in [-0.15, -0.1) is 13.2 Å². The standard InChI is InChI=1S/C9H7F4NO4/c1-17-8(16)5-2-6(18-9(11,12)13)4(3-10)7(15)14-5/h2H,3H2,1H3,(H,14,15). The zero-order valence-electron chi connectivity index (χ0n) is 8.93. The van der Waals surface area contributed by atoms with Gasteiger partial charge in [-0.2, -0.15) is 0 Å². The van der Waals surface area contributed by atoms with Gasteiger partial charge in [0.15, 0.2) is 0 Å². The van der Waals surface area contributed by atoms with Crippen LogP contribution in [0.5, 0.6) is 5.75 Å². The number of carbonyl (C=O) groups excluding carboxylic acids is 1. The Morgan fingerprint density at radius 2 is 2.06 bits per heavy atom. The molecule has 9 heteroatoms. The molecule has 100 valence electrons. The van der Waals surface area contributed by atoms with Crippen molar-refractivity contribution in [2.45, 2.75) is 13.0 Å². The van der Waals surface area contributed by atoms with E-state index in [9.17, 15) is 27.2 Å². The number of methoxy groups -OCH3 is 1. The number of aromatic nitrogens is 1. The van der Waals surface area contributed by atoms with Crippen LogP contribution in [-0.2, 0) is 11.4 Å². The number of ether oxygens (including phenoxy) is 2. The smallest absolute Gasteiger partial charge is 0.464 e. The highest BCUT2D eigenvalue weighted by molar-refractivity contribution is 5.87. The first-order valence-corrected chi connectivity index (χ1v) is 4.44. The summed E-state index contributed by atoms with van der Waals surface area (Å²) < 4.78 is 56.2. The number of pyridine rings is 1. The van der Waals surface area contributed by atoms with Crippen LogP contribution < -0.4 is 10.3 Å². The lowest BCUT2D eigenvalue weighted by molar-refractivity contribution is -0.275. The van der Waals surface area contributed by atoms with E-state index in [1.807, 2.05) is 4.98 Å². The molecule has 18 heavy (non-hydrogen) atoms. The predicted molar refractivity (Wildman–Crippen MR) is 49.9 cm³/mol. The number of esters is 1. The Hall–Kier alpha value is -2.06. The van der Waals surface area contributed by atoms with Gasteiger partial charge in [-0.05, 0) is 0 Å². The van der Waals surface area contributed by atoms with Crippen molar-refractivity contribution < 1.29 is 31.8 Å². The van der Waals surface area contributed by atoms with Gasteiger partial charge in [-0.3, -0.25) is 4.79 Å². The Bertz CT molecular complexity index is 508. The average Bonchev–Trinajstić information content (AvgIpc) is 2.25. The molecule has 1 rings (SSSR count). The van der Waals surface area contributed by atoms with Crippen molar-refractivity contribution in [3.8, 4) is 5.75 Å². The first-order chi connectivity index (χ1) is 8.28. The summed E-state index contributed by atoms with van der Waals surface area (Å²) >= 11 is 0. The van der Waals surface area contributed by atoms with E-state index in [1.165, 1.54) is 0 Å². The number of halogens is 4. The maximum absolute atomic E-state index is 12.5. The van der Waals surface area contributed by atoms with E-state index in [0.29, 0.717) is 6.07 Å². The molecule has 0 atom stereocenters. The molecule has 5 nitrogen and oxygen atoms in total. The van der Waals surface area contributed by atoms with E-state index in [0.717, 1.165) is 7.11 Å². The lowest BCUT2D eigenvalue weighted by Gasteiger charge is -2.12. The van der Waals surface area contributed by atoms with Gasteiger partial charge in [0, 0.05) is 6.07 Å². The molecule has 0 unspecified atom stereocenters. The van der Waals surface area contributed by atoms with Crippen LogP contribution in [0.3, 0.4) is 0 Å². The van der Waals surface area contributed by atoms with Gasteiger partial charge in [0.05, 0.1) is 12.7 Å². The molecular weight excluding hydrogens is 262 g/mol. The number of H-pyrrole nitrogens is 1. The molecule has 0 aliphatic carbocycles. The number of carbonyl (C=O) groups is 1. The minimum Gasteiger partial charge on any atom is -0.464 e. The molecule has 0 saturated carbocycles. The van der Waals surface area contributed by atoms with Crippen molar-refractivity contribution in [2.75, 3.05) is 7.11 Å². The van der Waals surface area contributed by atoms with Crippen LogP contribution in [-0.4, -0.2) is 24.4 Å². The Kier molecular flexibility index (Phi) is 3.94. The maximum atomic E-state index is 12.5. The van der Waals surface area contributed by atoms with E-state index in [4.69, 9.17) is 0 Å². The fraction of sp³-hybridized carbons (Fsp3) is 0.333. The van der Waals surface area contributed by atoms with Crippen molar-refractivity contribution in [1.82, 2.24) is 4.98 Å². The molecule has 0 radical (unpaired) electrons. The number of hydrogen-bond acceptors (Lipinski definition) is 4. The second-order valence-corrected chi connectivity index (χ2v) is 3.03. The third-order valence-corrected chi connectivity index (χ3v) is 1.86. The van der Waals surface area contributed by atoms with Crippen LogP contribution >= 0.6 is 0 Å². The molecule has 0 saturated heterocycles. The van der Waals surface area contributed by atoms with Crippen molar-refractivity contribution in [3.05, 3.63) is 27.7 Å². The Labute approximate surface area is 97.3 Å². The Morgan fingerprint density at radius 3 is 2.50 bits per heavy atom. The molecule has 1 N–H and O–H groups in total. The zero-order chi connectivity index (χ0) is 13.9. The molecule has 0 aromatic carbocycles. The highest BCUT2D eigenvalue weighted by Gasteiger charge is 2.33. The summed E-state index contributed by atoms with van der Waals surface area (Å²) in [7, 11) is 0.966. The Balaban J connectivity index is 3.32. The minimum atomic E-state index is -5.11. The van der Waals surface area contributed by atoms with Gasteiger partial charge in [0.25, 0.3) is 5.56 Å². The number of rotatable bonds is 3. The van der Waals surface area contributed by atoms with E-state index in [2.05, 4.69) is 9.47 Å². The second kappa shape index (κ2) is 5.07. The fourth-order valence-corrected chi connectivity index (χ4v) is 1.13. The Morgan fingerprint density at radius 1 is 1.44 bits per heavy atom. The van der Waals surface area contributed by atoms with E-state index >= 15 is 0 Å². The van der Waals surface area contributed by atoms with Crippen molar-refractivity contribution in [1.29, 1.82) is 0 Å². The quantitative estimate of drug-likeness (QED) is 0.667. The summed E-state index contributed by atoms with van der Waals surface area (Å²) in [6.07, 6.45) is -5.11. The molecule has 0 aliphatic heterocycles. The van der Waals surface area contributed by atoms with Gasteiger partial charge in [0.1, 0.15) is 18.1 Å². The van der Waals surface area contributed by atoms with Crippen molar-refractivity contribution in [3.63, 3.8) is 0 Å². The number of hydrogen-bond donors (Lipinski definition) is 1. The van der Waals surface area contributed by atoms with Crippen LogP contribution in [0.25, 0.3) is 0 Å². The number of nitrogens with one attached hydrogen (secondary N) is 1. The summed E-state index contributed by atoms with van der Waals surface area (Å²) in [5.41, 5.74) is -2.63. The van der Waals surface area contributed by atoms with Gasteiger partial charge in [-0.25, -0.2) is 9.18 Å². The van der Waals surface area contributed by atoms with Crippen LogP contribution in [0.2, 0.25) is 0 Å². The van der Waals surface area contributed by atoms with Crippen LogP contribution in [0, 0.1) is 0 Å². The summed E-state index contributed by atoms with van der Waals surface area (Å²) in [5, 5.41) is 0. The van der Waals surface area contributed by atoms with Gasteiger partial charge < -0.3 is 14.5 Å². The monoisotopic (exact) mass is 269 g/mol. The second-order valence-electron chi connectivity index (χ2n) is 3.03. The summed E-state index contributed by atoms with van der Waals surface area (Å²) in [4.78, 5) is 24.2. The molecular formula is C9H7F4NO4. The van der Waals surface area contributed by atoms with Crippen molar-refractivity contribution in [2.24, 2.45) is 0 Å². The lowest BCUT2D eigenvalue weighted by atomic mass is 10.2. The molecule has 0 aliphatic rings. The first kappa shape index (κ1) is 14.0. The van der Waals surface area contributed by atoms with Crippen LogP contribution in [0.4, 0.5) is 17.6 Å². The van der Waals surface area contributed by atoms with Crippen LogP contribution in [0.15, 0.2) is 10.9 Å². The third kappa shape index (κ3) is 3.22. The zero-order valence-corrected chi connectivity index (χ0v) is 8.93. The summed E-state index contributed by atoms with van der Waals surface area (Å²) in [6, 6.07) is 0.551. The summed E-state index contributed by atoms with van der Waals surface area (Å²) in [5.74, 6) is -2.15. The van der Waals surface area contributed by atoms with Gasteiger partial charge in [0.2, 0.25) is 0 Å². The van der Waals surface area contributed by atoms with Gasteiger partial charge in [-0.1, -0.05) is 0 Å². The topological polar surface area (TPSA) is 68.4 Å². The molecule has 1 aromatic heterocycles. The molecule has 0 bridgehead atoms. The SMILES string of the molecule is COC(=O)c1cc(OC(F)(F)F)c(CF)c(=O)[nH]1. The van der Waals surface area contributed by atoms with Gasteiger partial charge >= 0.3 is 12.3 Å². The number of aromatic amines is 1. The molecule has 0 spiro atoms. The lowest BCUT2D eigenvalue weighted by Crippen LogP contribution is -2.24. The van der Waals surface area contributed by atoms with E-state index < -0.39 is 41.6 Å². The molecule has 1 heterocycles. The normalized spacial score (nSPS) is 11.2. The average molecular weight is 269 g/mol. The summed E-state index contributed by atoms with van der Waals surface area (Å²) in [6.45, 7) is -1.47. The van der Waals surface area contributed by atoms with E-state index in [-0.39, 0.29) is 0 Å². The minimum absolute atomic E-state index is 0.551. The highest BCUT2D eigenvalue weighted by atomic mass is 19.4. The molecule has 0 fully saturated rings. The predicted octanol–water partition coefficient (Wildman–Crippen LogP) is 1.53. The first-order valence-electron chi connectivity index (χ1n) is 4.44. The van der Waals surface area contributed by atoms with E-state index in [1.54, 1.807) is 0 Å². The fourth-order valence-electron chi connectivity index (χ4n) is 1.13. The highest BCUT2D eigenvalue weighted by Crippen LogP contribution is 2.25. The molecule has 0 amide bonds. The third-order valence-electron chi connectivity index (χ3n) is 1.86. The number of alkyl halides is 4.